The van der Waals surface area contributed by atoms with Gasteiger partial charge in [-0.25, -0.2) is 9.18 Å². The summed E-state index contributed by atoms with van der Waals surface area (Å²) >= 11 is 0. The number of halogens is 1. The average Bonchev–Trinajstić information content (AvgIpc) is 3.36. The highest BCUT2D eigenvalue weighted by Gasteiger charge is 2.22. The summed E-state index contributed by atoms with van der Waals surface area (Å²) in [5, 5.41) is 2.49. The minimum atomic E-state index is -4.29. The molecular weight excluding hydrogens is 495 g/mol. The molecule has 0 bridgehead atoms. The fourth-order valence-electron chi connectivity index (χ4n) is 3.13. The topological polar surface area (TPSA) is 124 Å². The van der Waals surface area contributed by atoms with Crippen molar-refractivity contribution < 1.29 is 40.5 Å². The van der Waals surface area contributed by atoms with Crippen LogP contribution in [0.25, 0.3) is 0 Å². The number of ether oxygens (including phenoxy) is 2. The number of hydrogen-bond acceptors (Lipinski definition) is 8. The normalized spacial score (nSPS) is 11.0. The van der Waals surface area contributed by atoms with E-state index in [9.17, 15) is 22.4 Å². The molecule has 2 aromatic carbocycles. The number of nitrogens with zero attached hydrogens (tertiary/aromatic N) is 1. The lowest BCUT2D eigenvalue weighted by Gasteiger charge is -2.22. The fourth-order valence-corrected chi connectivity index (χ4v) is 4.07. The van der Waals surface area contributed by atoms with E-state index in [0.29, 0.717) is 11.3 Å². The van der Waals surface area contributed by atoms with Gasteiger partial charge in [0.05, 0.1) is 26.5 Å². The largest absolute Gasteiger partial charge is 0.493 e. The molecule has 0 unspecified atom stereocenters. The number of esters is 1. The first-order valence-corrected chi connectivity index (χ1v) is 12.2. The van der Waals surface area contributed by atoms with Crippen molar-refractivity contribution in [2.24, 2.45) is 0 Å². The van der Waals surface area contributed by atoms with E-state index in [0.717, 1.165) is 24.3 Å². The van der Waals surface area contributed by atoms with Crippen LogP contribution in [0.2, 0.25) is 0 Å². The van der Waals surface area contributed by atoms with Gasteiger partial charge in [-0.05, 0) is 61.0 Å². The zero-order valence-corrected chi connectivity index (χ0v) is 20.4. The van der Waals surface area contributed by atoms with Crippen molar-refractivity contribution in [3.8, 4) is 11.5 Å². The van der Waals surface area contributed by atoms with Crippen LogP contribution < -0.4 is 14.2 Å². The highest BCUT2D eigenvalue weighted by Crippen LogP contribution is 2.31. The van der Waals surface area contributed by atoms with Crippen molar-refractivity contribution in [3.63, 3.8) is 0 Å². The lowest BCUT2D eigenvalue weighted by molar-refractivity contribution is -0.141. The first-order valence-electron chi connectivity index (χ1n) is 10.8. The van der Waals surface area contributed by atoms with Crippen molar-refractivity contribution in [2.75, 3.05) is 20.3 Å². The Morgan fingerprint density at radius 2 is 1.81 bits per heavy atom. The number of hydrogen-bond donors (Lipinski definition) is 1. The van der Waals surface area contributed by atoms with E-state index in [1.165, 1.54) is 30.4 Å². The summed E-state index contributed by atoms with van der Waals surface area (Å²) in [5.41, 5.74) is 0.498. The maximum absolute atomic E-state index is 13.2. The molecule has 0 saturated carbocycles. The zero-order valence-electron chi connectivity index (χ0n) is 19.6. The van der Waals surface area contributed by atoms with Gasteiger partial charge in [-0.15, -0.1) is 0 Å². The molecule has 12 heteroatoms. The Labute approximate surface area is 207 Å². The first-order chi connectivity index (χ1) is 17.2. The number of furan rings is 1. The lowest BCUT2D eigenvalue weighted by Crippen LogP contribution is -2.41. The second-order valence-electron chi connectivity index (χ2n) is 7.38. The van der Waals surface area contributed by atoms with Gasteiger partial charge in [0, 0.05) is 6.54 Å². The standard InChI is InChI=1S/C24H25FN2O8S/c1-3-33-23(28)14-26-24(29)27(16-19-5-4-12-34-19)15-17-6-11-21(32-2)22(13-17)35-36(30,31)20-9-7-18(25)8-10-20/h4-13H,3,14-16H2,1-2H3,(H,26,29). The van der Waals surface area contributed by atoms with E-state index in [2.05, 4.69) is 5.32 Å². The van der Waals surface area contributed by atoms with Gasteiger partial charge in [-0.2, -0.15) is 8.42 Å². The molecule has 0 atom stereocenters. The Morgan fingerprint density at radius 3 is 2.44 bits per heavy atom. The molecule has 0 spiro atoms. The van der Waals surface area contributed by atoms with Gasteiger partial charge in [0.1, 0.15) is 23.0 Å². The highest BCUT2D eigenvalue weighted by atomic mass is 32.2. The number of carbonyl (C=O) groups is 2. The van der Waals surface area contributed by atoms with E-state index in [-0.39, 0.29) is 42.6 Å². The Morgan fingerprint density at radius 1 is 1.06 bits per heavy atom. The van der Waals surface area contributed by atoms with Crippen LogP contribution in [0.1, 0.15) is 18.2 Å². The van der Waals surface area contributed by atoms with Gasteiger partial charge in [0.25, 0.3) is 0 Å². The third-order valence-corrected chi connectivity index (χ3v) is 6.06. The van der Waals surface area contributed by atoms with Crippen LogP contribution in [-0.4, -0.2) is 45.6 Å². The fraction of sp³-hybridized carbons (Fsp3) is 0.250. The van der Waals surface area contributed by atoms with Crippen LogP contribution in [0.5, 0.6) is 11.5 Å². The smallest absolute Gasteiger partial charge is 0.339 e. The Hall–Kier alpha value is -4.06. The summed E-state index contributed by atoms with van der Waals surface area (Å²) in [6.45, 7) is 1.58. The van der Waals surface area contributed by atoms with Gasteiger partial charge in [0.15, 0.2) is 11.5 Å². The Kier molecular flexibility index (Phi) is 8.90. The number of urea groups is 1. The zero-order chi connectivity index (χ0) is 26.1. The van der Waals surface area contributed by atoms with E-state index in [1.54, 1.807) is 25.1 Å². The molecule has 0 radical (unpaired) electrons. The van der Waals surface area contributed by atoms with Crippen molar-refractivity contribution in [1.29, 1.82) is 0 Å². The SMILES string of the molecule is CCOC(=O)CNC(=O)N(Cc1ccc(OC)c(OS(=O)(=O)c2ccc(F)cc2)c1)Cc1ccco1. The van der Waals surface area contributed by atoms with Crippen LogP contribution in [0.4, 0.5) is 9.18 Å². The summed E-state index contributed by atoms with van der Waals surface area (Å²) in [4.78, 5) is 25.6. The van der Waals surface area contributed by atoms with Crippen LogP contribution in [-0.2, 0) is 32.7 Å². The van der Waals surface area contributed by atoms with Crippen molar-refractivity contribution in [3.05, 3.63) is 78.0 Å². The molecule has 2 amide bonds. The molecule has 0 saturated heterocycles. The van der Waals surface area contributed by atoms with Crippen LogP contribution in [0, 0.1) is 5.82 Å². The number of rotatable bonds is 11. The molecule has 3 aromatic rings. The number of nitrogens with one attached hydrogen (secondary N) is 1. The Balaban J connectivity index is 1.83. The van der Waals surface area contributed by atoms with Crippen molar-refractivity contribution in [1.82, 2.24) is 10.2 Å². The third kappa shape index (κ3) is 7.22. The molecule has 1 aromatic heterocycles. The second-order valence-corrected chi connectivity index (χ2v) is 8.92. The molecule has 0 fully saturated rings. The summed E-state index contributed by atoms with van der Waals surface area (Å²) < 4.78 is 59.3. The molecule has 192 valence electrons. The molecule has 1 N–H and O–H groups in total. The predicted molar refractivity (Wildman–Crippen MR) is 125 cm³/mol. The third-order valence-electron chi connectivity index (χ3n) is 4.81. The van der Waals surface area contributed by atoms with Crippen LogP contribution >= 0.6 is 0 Å². The minimum Gasteiger partial charge on any atom is -0.493 e. The molecule has 10 nitrogen and oxygen atoms in total. The van der Waals surface area contributed by atoms with Gasteiger partial charge < -0.3 is 28.3 Å². The van der Waals surface area contributed by atoms with Gasteiger partial charge in [-0.3, -0.25) is 4.79 Å². The van der Waals surface area contributed by atoms with Crippen molar-refractivity contribution >= 4 is 22.1 Å². The van der Waals surface area contributed by atoms with Crippen LogP contribution in [0.15, 0.2) is 70.2 Å². The quantitative estimate of drug-likeness (QED) is 0.301. The molecule has 3 rings (SSSR count). The monoisotopic (exact) mass is 520 g/mol. The van der Waals surface area contributed by atoms with E-state index in [4.69, 9.17) is 18.1 Å². The summed E-state index contributed by atoms with van der Waals surface area (Å²) in [6, 6.07) is 11.5. The average molecular weight is 521 g/mol. The maximum Gasteiger partial charge on any atom is 0.339 e. The molecule has 1 heterocycles. The van der Waals surface area contributed by atoms with Gasteiger partial charge >= 0.3 is 22.1 Å². The molecule has 0 aliphatic heterocycles. The van der Waals surface area contributed by atoms with Gasteiger partial charge in [0.2, 0.25) is 0 Å². The number of methoxy groups -OCH3 is 1. The number of carbonyl (C=O) groups excluding carboxylic acids is 2. The minimum absolute atomic E-state index is 0.00626. The maximum atomic E-state index is 13.2. The number of benzene rings is 2. The molecular formula is C24H25FN2O8S. The lowest BCUT2D eigenvalue weighted by atomic mass is 10.2. The van der Waals surface area contributed by atoms with E-state index in [1.807, 2.05) is 0 Å². The van der Waals surface area contributed by atoms with E-state index < -0.39 is 27.9 Å². The summed E-state index contributed by atoms with van der Waals surface area (Å²) in [5.74, 6) is -0.676. The Bertz CT molecular complexity index is 1280. The summed E-state index contributed by atoms with van der Waals surface area (Å²) in [6.07, 6.45) is 1.46. The summed E-state index contributed by atoms with van der Waals surface area (Å²) in [7, 11) is -2.95. The predicted octanol–water partition coefficient (Wildman–Crippen LogP) is 3.47. The molecule has 36 heavy (non-hydrogen) atoms. The van der Waals surface area contributed by atoms with E-state index >= 15 is 0 Å². The highest BCUT2D eigenvalue weighted by molar-refractivity contribution is 7.87. The van der Waals surface area contributed by atoms with Gasteiger partial charge in [-0.1, -0.05) is 6.07 Å². The van der Waals surface area contributed by atoms with Crippen molar-refractivity contribution in [2.45, 2.75) is 24.9 Å². The molecule has 0 aliphatic rings. The second kappa shape index (κ2) is 12.1. The molecule has 0 aliphatic carbocycles. The number of amides is 2. The van der Waals surface area contributed by atoms with Crippen LogP contribution in [0.3, 0.4) is 0 Å². The first kappa shape index (κ1) is 26.5.